The van der Waals surface area contributed by atoms with Crippen molar-refractivity contribution in [2.45, 2.75) is 6.42 Å². The number of hydrazine groups is 1. The Balaban J connectivity index is 3.86. The smallest absolute Gasteiger partial charge is 0.308 e. The first-order valence-corrected chi connectivity index (χ1v) is 2.48. The molecule has 5 heteroatoms. The van der Waals surface area contributed by atoms with Crippen molar-refractivity contribution in [1.82, 2.24) is 5.43 Å². The van der Waals surface area contributed by atoms with Gasteiger partial charge in [-0.2, -0.15) is 0 Å². The quantitative estimate of drug-likeness (QED) is 0.205. The SMILES string of the molecule is C=C(CC(=O)O)C(=O)NN. The van der Waals surface area contributed by atoms with E-state index in [2.05, 4.69) is 6.58 Å². The van der Waals surface area contributed by atoms with Gasteiger partial charge in [-0.15, -0.1) is 0 Å². The second kappa shape index (κ2) is 3.62. The lowest BCUT2D eigenvalue weighted by Crippen LogP contribution is -2.31. The van der Waals surface area contributed by atoms with E-state index < -0.39 is 11.9 Å². The minimum Gasteiger partial charge on any atom is -0.481 e. The first kappa shape index (κ1) is 8.64. The van der Waals surface area contributed by atoms with Gasteiger partial charge in [-0.1, -0.05) is 6.58 Å². The molecule has 10 heavy (non-hydrogen) atoms. The molecule has 0 spiro atoms. The van der Waals surface area contributed by atoms with E-state index in [1.54, 1.807) is 5.43 Å². The van der Waals surface area contributed by atoms with Crippen molar-refractivity contribution in [1.29, 1.82) is 0 Å². The fraction of sp³-hybridized carbons (Fsp3) is 0.200. The Bertz CT molecular complexity index is 176. The number of carboxylic acid groups (broad SMARTS) is 1. The van der Waals surface area contributed by atoms with E-state index in [4.69, 9.17) is 10.9 Å². The van der Waals surface area contributed by atoms with E-state index in [0.29, 0.717) is 0 Å². The lowest BCUT2D eigenvalue weighted by atomic mass is 10.2. The summed E-state index contributed by atoms with van der Waals surface area (Å²) in [6.07, 6.45) is -0.386. The van der Waals surface area contributed by atoms with Crippen LogP contribution in [0.2, 0.25) is 0 Å². The minimum atomic E-state index is -1.10. The number of amides is 1. The molecule has 0 saturated carbocycles. The Labute approximate surface area is 57.5 Å². The number of aliphatic carboxylic acids is 1. The summed E-state index contributed by atoms with van der Waals surface area (Å²) in [6.45, 7) is 3.19. The Morgan fingerprint density at radius 1 is 1.60 bits per heavy atom. The summed E-state index contributed by atoms with van der Waals surface area (Å²) in [5.41, 5.74) is 1.71. The monoisotopic (exact) mass is 144 g/mol. The van der Waals surface area contributed by atoms with Crippen LogP contribution in [0.25, 0.3) is 0 Å². The molecular weight excluding hydrogens is 136 g/mol. The van der Waals surface area contributed by atoms with Gasteiger partial charge in [0, 0.05) is 5.57 Å². The highest BCUT2D eigenvalue weighted by molar-refractivity contribution is 5.96. The van der Waals surface area contributed by atoms with E-state index in [-0.39, 0.29) is 12.0 Å². The van der Waals surface area contributed by atoms with Crippen molar-refractivity contribution >= 4 is 11.9 Å². The molecule has 56 valence electrons. The van der Waals surface area contributed by atoms with Crippen molar-refractivity contribution in [3.8, 4) is 0 Å². The molecule has 4 N–H and O–H groups in total. The predicted molar refractivity (Wildman–Crippen MR) is 33.7 cm³/mol. The van der Waals surface area contributed by atoms with Crippen LogP contribution in [0.3, 0.4) is 0 Å². The summed E-state index contributed by atoms with van der Waals surface area (Å²) in [5.74, 6) is 2.94. The van der Waals surface area contributed by atoms with Gasteiger partial charge >= 0.3 is 5.97 Å². The van der Waals surface area contributed by atoms with Gasteiger partial charge in [-0.25, -0.2) is 5.84 Å². The normalized spacial score (nSPS) is 8.50. The zero-order valence-electron chi connectivity index (χ0n) is 5.26. The van der Waals surface area contributed by atoms with Crippen LogP contribution < -0.4 is 11.3 Å². The van der Waals surface area contributed by atoms with Gasteiger partial charge < -0.3 is 5.11 Å². The Hall–Kier alpha value is -1.36. The molecule has 0 aromatic heterocycles. The summed E-state index contributed by atoms with van der Waals surface area (Å²) in [7, 11) is 0. The Kier molecular flexibility index (Phi) is 3.13. The standard InChI is InChI=1S/C5H8N2O3/c1-3(2-4(8)9)5(10)7-6/h1-2,6H2,(H,7,10)(H,8,9). The van der Waals surface area contributed by atoms with Crippen LogP contribution in [-0.4, -0.2) is 17.0 Å². The molecule has 0 saturated heterocycles. The van der Waals surface area contributed by atoms with E-state index in [1.165, 1.54) is 0 Å². The zero-order valence-corrected chi connectivity index (χ0v) is 5.26. The van der Waals surface area contributed by atoms with E-state index in [9.17, 15) is 9.59 Å². The molecule has 0 fully saturated rings. The molecule has 0 heterocycles. The molecule has 0 unspecified atom stereocenters. The highest BCUT2D eigenvalue weighted by Gasteiger charge is 2.07. The summed E-state index contributed by atoms with van der Waals surface area (Å²) in [4.78, 5) is 20.4. The topological polar surface area (TPSA) is 92.4 Å². The van der Waals surface area contributed by atoms with Crippen molar-refractivity contribution in [2.75, 3.05) is 0 Å². The second-order valence-electron chi connectivity index (χ2n) is 1.65. The van der Waals surface area contributed by atoms with Crippen molar-refractivity contribution < 1.29 is 14.7 Å². The molecule has 0 atom stereocenters. The number of nitrogens with two attached hydrogens (primary N) is 1. The van der Waals surface area contributed by atoms with Crippen LogP contribution in [0.4, 0.5) is 0 Å². The first-order chi connectivity index (χ1) is 4.57. The molecule has 5 nitrogen and oxygen atoms in total. The average Bonchev–Trinajstić information content (AvgIpc) is 1.85. The third kappa shape index (κ3) is 2.83. The van der Waals surface area contributed by atoms with Gasteiger partial charge in [0.1, 0.15) is 0 Å². The third-order valence-corrected chi connectivity index (χ3v) is 0.817. The number of carbonyl (C=O) groups is 2. The van der Waals surface area contributed by atoms with Crippen LogP contribution >= 0.6 is 0 Å². The van der Waals surface area contributed by atoms with Crippen LogP contribution in [0.5, 0.6) is 0 Å². The second-order valence-corrected chi connectivity index (χ2v) is 1.65. The minimum absolute atomic E-state index is 0.0602. The van der Waals surface area contributed by atoms with Gasteiger partial charge in [-0.3, -0.25) is 15.0 Å². The number of carboxylic acids is 1. The fourth-order valence-corrected chi connectivity index (χ4v) is 0.365. The lowest BCUT2D eigenvalue weighted by molar-refractivity contribution is -0.137. The molecule has 0 bridgehead atoms. The molecule has 0 aliphatic rings. The van der Waals surface area contributed by atoms with E-state index in [0.717, 1.165) is 0 Å². The number of carbonyl (C=O) groups excluding carboxylic acids is 1. The fourth-order valence-electron chi connectivity index (χ4n) is 0.365. The molecular formula is C5H8N2O3. The summed E-state index contributed by atoms with van der Waals surface area (Å²) < 4.78 is 0. The van der Waals surface area contributed by atoms with Crippen LogP contribution in [0.15, 0.2) is 12.2 Å². The Morgan fingerprint density at radius 3 is 2.40 bits per heavy atom. The number of hydrogen-bond donors (Lipinski definition) is 3. The largest absolute Gasteiger partial charge is 0.481 e. The number of nitrogens with one attached hydrogen (secondary N) is 1. The predicted octanol–water partition coefficient (Wildman–Crippen LogP) is -0.993. The van der Waals surface area contributed by atoms with Crippen molar-refractivity contribution in [3.05, 3.63) is 12.2 Å². The number of hydrogen-bond acceptors (Lipinski definition) is 3. The van der Waals surface area contributed by atoms with Crippen LogP contribution in [-0.2, 0) is 9.59 Å². The molecule has 0 rings (SSSR count). The molecule has 1 amide bonds. The zero-order chi connectivity index (χ0) is 8.15. The highest BCUT2D eigenvalue weighted by atomic mass is 16.4. The van der Waals surface area contributed by atoms with Crippen molar-refractivity contribution in [2.24, 2.45) is 5.84 Å². The maximum absolute atomic E-state index is 10.4. The molecule has 0 aromatic rings. The molecule has 0 aliphatic heterocycles. The van der Waals surface area contributed by atoms with Gasteiger partial charge in [-0.05, 0) is 0 Å². The summed E-state index contributed by atoms with van der Waals surface area (Å²) in [5, 5.41) is 8.15. The maximum atomic E-state index is 10.4. The molecule has 0 aliphatic carbocycles. The van der Waals surface area contributed by atoms with E-state index in [1.807, 2.05) is 0 Å². The van der Waals surface area contributed by atoms with Crippen LogP contribution in [0, 0.1) is 0 Å². The third-order valence-electron chi connectivity index (χ3n) is 0.817. The average molecular weight is 144 g/mol. The first-order valence-electron chi connectivity index (χ1n) is 2.48. The van der Waals surface area contributed by atoms with Crippen molar-refractivity contribution in [3.63, 3.8) is 0 Å². The lowest BCUT2D eigenvalue weighted by Gasteiger charge is -1.97. The number of rotatable bonds is 3. The Morgan fingerprint density at radius 2 is 2.10 bits per heavy atom. The van der Waals surface area contributed by atoms with Crippen LogP contribution in [0.1, 0.15) is 6.42 Å². The highest BCUT2D eigenvalue weighted by Crippen LogP contribution is 1.95. The molecule has 0 aromatic carbocycles. The molecule has 0 radical (unpaired) electrons. The maximum Gasteiger partial charge on any atom is 0.308 e. The van der Waals surface area contributed by atoms with E-state index >= 15 is 0 Å². The van der Waals surface area contributed by atoms with Gasteiger partial charge in [0.2, 0.25) is 0 Å². The van der Waals surface area contributed by atoms with Gasteiger partial charge in [0.25, 0.3) is 5.91 Å². The summed E-state index contributed by atoms with van der Waals surface area (Å²) in [6, 6.07) is 0. The summed E-state index contributed by atoms with van der Waals surface area (Å²) >= 11 is 0. The van der Waals surface area contributed by atoms with Gasteiger partial charge in [0.15, 0.2) is 0 Å². The van der Waals surface area contributed by atoms with Gasteiger partial charge in [0.05, 0.1) is 6.42 Å².